The number of ether oxygens (including phenoxy) is 1. The Morgan fingerprint density at radius 3 is 2.64 bits per heavy atom. The van der Waals surface area contributed by atoms with Gasteiger partial charge in [0.25, 0.3) is 0 Å². The van der Waals surface area contributed by atoms with E-state index in [0.29, 0.717) is 6.61 Å². The van der Waals surface area contributed by atoms with Gasteiger partial charge in [0, 0.05) is 5.41 Å². The van der Waals surface area contributed by atoms with Crippen LogP contribution in [0.4, 0.5) is 0 Å². The van der Waals surface area contributed by atoms with Crippen LogP contribution in [0.2, 0.25) is 0 Å². The van der Waals surface area contributed by atoms with Gasteiger partial charge in [0.05, 0.1) is 18.6 Å². The first kappa shape index (κ1) is 9.97. The summed E-state index contributed by atoms with van der Waals surface area (Å²) in [5.74, 6) is -0.412. The SMILES string of the molecule is CCOC(=O)C1C(O)C12CCCCC2. The lowest BCUT2D eigenvalue weighted by Gasteiger charge is -2.21. The molecule has 0 aromatic rings. The zero-order valence-electron chi connectivity index (χ0n) is 8.66. The molecule has 1 N–H and O–H groups in total. The van der Waals surface area contributed by atoms with E-state index in [1.165, 1.54) is 6.42 Å². The zero-order chi connectivity index (χ0) is 10.2. The molecule has 0 saturated heterocycles. The molecule has 2 rings (SSSR count). The number of hydrogen-bond donors (Lipinski definition) is 1. The van der Waals surface area contributed by atoms with Gasteiger partial charge in [-0.25, -0.2) is 0 Å². The Hall–Kier alpha value is -0.570. The van der Waals surface area contributed by atoms with E-state index in [0.717, 1.165) is 25.7 Å². The Morgan fingerprint density at radius 1 is 1.43 bits per heavy atom. The van der Waals surface area contributed by atoms with Crippen LogP contribution in [0.5, 0.6) is 0 Å². The van der Waals surface area contributed by atoms with Crippen LogP contribution in [0.3, 0.4) is 0 Å². The van der Waals surface area contributed by atoms with Crippen molar-refractivity contribution in [1.82, 2.24) is 0 Å². The summed E-state index contributed by atoms with van der Waals surface area (Å²) < 4.78 is 4.96. The summed E-state index contributed by atoms with van der Waals surface area (Å²) in [6.07, 6.45) is 5.10. The molecule has 2 fully saturated rings. The molecular weight excluding hydrogens is 180 g/mol. The molecule has 3 heteroatoms. The van der Waals surface area contributed by atoms with Gasteiger partial charge < -0.3 is 9.84 Å². The monoisotopic (exact) mass is 198 g/mol. The molecule has 0 bridgehead atoms. The van der Waals surface area contributed by atoms with E-state index in [1.54, 1.807) is 6.92 Å². The first-order valence-electron chi connectivity index (χ1n) is 5.57. The molecule has 0 aliphatic heterocycles. The van der Waals surface area contributed by atoms with Gasteiger partial charge in [0.15, 0.2) is 0 Å². The number of aliphatic hydroxyl groups excluding tert-OH is 1. The Bertz CT molecular complexity index is 231. The Morgan fingerprint density at radius 2 is 2.07 bits per heavy atom. The second kappa shape index (κ2) is 3.54. The van der Waals surface area contributed by atoms with Gasteiger partial charge in [0.1, 0.15) is 0 Å². The van der Waals surface area contributed by atoms with Crippen LogP contribution in [0.1, 0.15) is 39.0 Å². The van der Waals surface area contributed by atoms with Crippen LogP contribution in [0.15, 0.2) is 0 Å². The maximum absolute atomic E-state index is 11.5. The van der Waals surface area contributed by atoms with Crippen molar-refractivity contribution in [3.8, 4) is 0 Å². The molecule has 80 valence electrons. The molecular formula is C11H18O3. The molecule has 0 heterocycles. The number of aliphatic hydroxyl groups is 1. The lowest BCUT2D eigenvalue weighted by Crippen LogP contribution is -2.16. The fraction of sp³-hybridized carbons (Fsp3) is 0.909. The van der Waals surface area contributed by atoms with Crippen molar-refractivity contribution in [1.29, 1.82) is 0 Å². The quantitative estimate of drug-likeness (QED) is 0.684. The third-order valence-corrected chi connectivity index (χ3v) is 3.74. The molecule has 2 aliphatic carbocycles. The highest BCUT2D eigenvalue weighted by molar-refractivity contribution is 5.78. The fourth-order valence-corrected chi connectivity index (χ4v) is 2.88. The minimum absolute atomic E-state index is 0.0928. The normalized spacial score (nSPS) is 34.1. The molecule has 3 nitrogen and oxygen atoms in total. The highest BCUT2D eigenvalue weighted by atomic mass is 16.5. The van der Waals surface area contributed by atoms with Crippen molar-refractivity contribution in [2.24, 2.45) is 11.3 Å². The average Bonchev–Trinajstić information content (AvgIpc) is 2.72. The average molecular weight is 198 g/mol. The van der Waals surface area contributed by atoms with E-state index >= 15 is 0 Å². The topological polar surface area (TPSA) is 46.5 Å². The number of esters is 1. The van der Waals surface area contributed by atoms with Crippen molar-refractivity contribution in [2.75, 3.05) is 6.61 Å². The van der Waals surface area contributed by atoms with Gasteiger partial charge in [-0.2, -0.15) is 0 Å². The minimum atomic E-state index is -0.429. The molecule has 1 spiro atoms. The van der Waals surface area contributed by atoms with Crippen LogP contribution in [0, 0.1) is 11.3 Å². The Kier molecular flexibility index (Phi) is 2.52. The maximum Gasteiger partial charge on any atom is 0.312 e. The number of carbonyl (C=O) groups excluding carboxylic acids is 1. The molecule has 0 aromatic heterocycles. The second-order valence-corrected chi connectivity index (χ2v) is 4.47. The molecule has 14 heavy (non-hydrogen) atoms. The largest absolute Gasteiger partial charge is 0.466 e. The second-order valence-electron chi connectivity index (χ2n) is 4.47. The van der Waals surface area contributed by atoms with E-state index in [2.05, 4.69) is 0 Å². The van der Waals surface area contributed by atoms with E-state index in [1.807, 2.05) is 0 Å². The van der Waals surface area contributed by atoms with Crippen LogP contribution in [-0.4, -0.2) is 23.8 Å². The third kappa shape index (κ3) is 1.34. The Balaban J connectivity index is 1.99. The van der Waals surface area contributed by atoms with Gasteiger partial charge >= 0.3 is 5.97 Å². The van der Waals surface area contributed by atoms with Crippen molar-refractivity contribution < 1.29 is 14.6 Å². The smallest absolute Gasteiger partial charge is 0.312 e. The predicted molar refractivity (Wildman–Crippen MR) is 51.6 cm³/mol. The summed E-state index contributed by atoms with van der Waals surface area (Å²) in [5.41, 5.74) is -0.0928. The number of rotatable bonds is 2. The van der Waals surface area contributed by atoms with Crippen LogP contribution in [-0.2, 0) is 9.53 Å². The van der Waals surface area contributed by atoms with E-state index in [9.17, 15) is 9.90 Å². The van der Waals surface area contributed by atoms with Gasteiger partial charge in [-0.05, 0) is 19.8 Å². The summed E-state index contributed by atoms with van der Waals surface area (Å²) in [4.78, 5) is 11.5. The van der Waals surface area contributed by atoms with Crippen LogP contribution >= 0.6 is 0 Å². The van der Waals surface area contributed by atoms with E-state index in [-0.39, 0.29) is 17.3 Å². The van der Waals surface area contributed by atoms with Gasteiger partial charge in [0.2, 0.25) is 0 Å². The van der Waals surface area contributed by atoms with Gasteiger partial charge in [-0.1, -0.05) is 19.3 Å². The van der Waals surface area contributed by atoms with Crippen LogP contribution in [0.25, 0.3) is 0 Å². The Labute approximate surface area is 84.4 Å². The van der Waals surface area contributed by atoms with E-state index < -0.39 is 6.10 Å². The number of hydrogen-bond acceptors (Lipinski definition) is 3. The molecule has 2 unspecified atom stereocenters. The lowest BCUT2D eigenvalue weighted by molar-refractivity contribution is -0.146. The molecule has 0 radical (unpaired) electrons. The molecule has 2 atom stereocenters. The molecule has 2 aliphatic rings. The standard InChI is InChI=1S/C11H18O3/c1-2-14-10(13)8-9(12)11(8)6-4-3-5-7-11/h8-9,12H,2-7H2,1H3. The fourth-order valence-electron chi connectivity index (χ4n) is 2.88. The molecule has 2 saturated carbocycles. The van der Waals surface area contributed by atoms with Gasteiger partial charge in [-0.15, -0.1) is 0 Å². The number of carbonyl (C=O) groups is 1. The first-order chi connectivity index (χ1) is 6.72. The molecule has 0 aromatic carbocycles. The summed E-state index contributed by atoms with van der Waals surface area (Å²) in [7, 11) is 0. The van der Waals surface area contributed by atoms with Gasteiger partial charge in [-0.3, -0.25) is 4.79 Å². The maximum atomic E-state index is 11.5. The lowest BCUT2D eigenvalue weighted by atomic mass is 9.84. The highest BCUT2D eigenvalue weighted by Gasteiger charge is 2.67. The summed E-state index contributed by atoms with van der Waals surface area (Å²) >= 11 is 0. The van der Waals surface area contributed by atoms with Crippen molar-refractivity contribution >= 4 is 5.97 Å². The summed E-state index contributed by atoms with van der Waals surface area (Å²) in [6.45, 7) is 2.22. The van der Waals surface area contributed by atoms with Crippen LogP contribution < -0.4 is 0 Å². The summed E-state index contributed by atoms with van der Waals surface area (Å²) in [6, 6.07) is 0. The van der Waals surface area contributed by atoms with Crippen molar-refractivity contribution in [2.45, 2.75) is 45.1 Å². The minimum Gasteiger partial charge on any atom is -0.466 e. The van der Waals surface area contributed by atoms with E-state index in [4.69, 9.17) is 4.74 Å². The molecule has 0 amide bonds. The highest BCUT2D eigenvalue weighted by Crippen LogP contribution is 2.61. The van der Waals surface area contributed by atoms with Crippen molar-refractivity contribution in [3.63, 3.8) is 0 Å². The zero-order valence-corrected chi connectivity index (χ0v) is 8.66. The van der Waals surface area contributed by atoms with Crippen molar-refractivity contribution in [3.05, 3.63) is 0 Å². The third-order valence-electron chi connectivity index (χ3n) is 3.74. The summed E-state index contributed by atoms with van der Waals surface area (Å²) in [5, 5.41) is 9.80. The first-order valence-corrected chi connectivity index (χ1v) is 5.57. The predicted octanol–water partition coefficient (Wildman–Crippen LogP) is 1.49.